The highest BCUT2D eigenvalue weighted by Gasteiger charge is 2.20. The van der Waals surface area contributed by atoms with Crippen molar-refractivity contribution in [3.05, 3.63) is 46.6 Å². The maximum Gasteiger partial charge on any atom is 0.348 e. The average Bonchev–Trinajstić information content (AvgIpc) is 2.98. The van der Waals surface area contributed by atoms with Gasteiger partial charge in [0.1, 0.15) is 27.6 Å². The highest BCUT2D eigenvalue weighted by atomic mass is 32.1. The molecule has 3 aromatic rings. The van der Waals surface area contributed by atoms with Gasteiger partial charge in [0.25, 0.3) is 0 Å². The molecule has 1 N–H and O–H groups in total. The molecule has 0 unspecified atom stereocenters. The summed E-state index contributed by atoms with van der Waals surface area (Å²) in [5, 5.41) is 4.18. The molecule has 0 spiro atoms. The van der Waals surface area contributed by atoms with Crippen molar-refractivity contribution in [3.63, 3.8) is 0 Å². The third-order valence-electron chi connectivity index (χ3n) is 3.83. The minimum absolute atomic E-state index is 0.321. The zero-order chi connectivity index (χ0) is 17.8. The summed E-state index contributed by atoms with van der Waals surface area (Å²) < 4.78 is 10.5. The predicted octanol–water partition coefficient (Wildman–Crippen LogP) is 3.80. The smallest absolute Gasteiger partial charge is 0.348 e. The Morgan fingerprint density at radius 3 is 2.84 bits per heavy atom. The zero-order valence-corrected chi connectivity index (χ0v) is 15.1. The van der Waals surface area contributed by atoms with Gasteiger partial charge in [-0.1, -0.05) is 18.2 Å². The van der Waals surface area contributed by atoms with Crippen LogP contribution in [0.25, 0.3) is 10.2 Å². The van der Waals surface area contributed by atoms with Gasteiger partial charge >= 0.3 is 5.97 Å². The molecule has 25 heavy (non-hydrogen) atoms. The molecule has 0 radical (unpaired) electrons. The lowest BCUT2D eigenvalue weighted by Crippen LogP contribution is -2.05. The normalized spacial score (nSPS) is 10.7. The summed E-state index contributed by atoms with van der Waals surface area (Å²) in [6.07, 6.45) is 1.50. The van der Waals surface area contributed by atoms with Crippen molar-refractivity contribution in [2.75, 3.05) is 19.0 Å². The van der Waals surface area contributed by atoms with Gasteiger partial charge in [0.05, 0.1) is 19.1 Å². The molecular formula is C18H19N3O3S. The third-order valence-corrected chi connectivity index (χ3v) is 5.01. The van der Waals surface area contributed by atoms with E-state index in [4.69, 9.17) is 9.47 Å². The second-order valence-electron chi connectivity index (χ2n) is 5.34. The van der Waals surface area contributed by atoms with E-state index in [0.717, 1.165) is 27.1 Å². The second-order valence-corrected chi connectivity index (χ2v) is 6.34. The molecule has 0 saturated heterocycles. The maximum atomic E-state index is 12.1. The maximum absolute atomic E-state index is 12.1. The van der Waals surface area contributed by atoms with Crippen molar-refractivity contribution >= 4 is 33.3 Å². The van der Waals surface area contributed by atoms with Gasteiger partial charge in [-0.05, 0) is 25.5 Å². The van der Waals surface area contributed by atoms with Crippen LogP contribution in [0, 0.1) is 6.92 Å². The van der Waals surface area contributed by atoms with Gasteiger partial charge < -0.3 is 14.8 Å². The number of aromatic nitrogens is 2. The van der Waals surface area contributed by atoms with Crippen LogP contribution in [0.2, 0.25) is 0 Å². The topological polar surface area (TPSA) is 73.3 Å². The lowest BCUT2D eigenvalue weighted by molar-refractivity contribution is 0.0531. The molecule has 7 heteroatoms. The Morgan fingerprint density at radius 1 is 1.28 bits per heavy atom. The standard InChI is InChI=1S/C18H19N3O3S/c1-4-24-18(22)15-11(2)14-16(20-10-21-17(14)25-15)19-9-12-7-5-6-8-13(12)23-3/h5-8,10H,4,9H2,1-3H3,(H,19,20,21). The van der Waals surface area contributed by atoms with Crippen molar-refractivity contribution in [2.24, 2.45) is 0 Å². The van der Waals surface area contributed by atoms with Crippen LogP contribution in [-0.2, 0) is 11.3 Å². The Labute approximate surface area is 149 Å². The lowest BCUT2D eigenvalue weighted by Gasteiger charge is -2.10. The van der Waals surface area contributed by atoms with Crippen LogP contribution < -0.4 is 10.1 Å². The lowest BCUT2D eigenvalue weighted by atomic mass is 10.2. The number of hydrogen-bond acceptors (Lipinski definition) is 7. The quantitative estimate of drug-likeness (QED) is 0.677. The van der Waals surface area contributed by atoms with E-state index < -0.39 is 0 Å². The summed E-state index contributed by atoms with van der Waals surface area (Å²) in [6, 6.07) is 7.81. The van der Waals surface area contributed by atoms with Crippen molar-refractivity contribution in [3.8, 4) is 5.75 Å². The van der Waals surface area contributed by atoms with E-state index >= 15 is 0 Å². The van der Waals surface area contributed by atoms with Crippen LogP contribution >= 0.6 is 11.3 Å². The predicted molar refractivity (Wildman–Crippen MR) is 98.4 cm³/mol. The van der Waals surface area contributed by atoms with E-state index in [1.54, 1.807) is 14.0 Å². The SMILES string of the molecule is CCOC(=O)c1sc2ncnc(NCc3ccccc3OC)c2c1C. The van der Waals surface area contributed by atoms with E-state index in [1.165, 1.54) is 17.7 Å². The van der Waals surface area contributed by atoms with Crippen molar-refractivity contribution in [1.29, 1.82) is 0 Å². The van der Waals surface area contributed by atoms with Gasteiger partial charge in [0.2, 0.25) is 0 Å². The number of hydrogen-bond donors (Lipinski definition) is 1. The molecular weight excluding hydrogens is 338 g/mol. The molecule has 3 rings (SSSR count). The number of carbonyl (C=O) groups excluding carboxylic acids is 1. The fraction of sp³-hybridized carbons (Fsp3) is 0.278. The number of anilines is 1. The number of carbonyl (C=O) groups is 1. The van der Waals surface area contributed by atoms with Gasteiger partial charge in [-0.25, -0.2) is 14.8 Å². The number of para-hydroxylation sites is 1. The second kappa shape index (κ2) is 7.48. The number of thiophene rings is 1. The average molecular weight is 357 g/mol. The van der Waals surface area contributed by atoms with Crippen LogP contribution in [0.5, 0.6) is 5.75 Å². The number of fused-ring (bicyclic) bond motifs is 1. The first-order valence-corrected chi connectivity index (χ1v) is 8.74. The number of rotatable bonds is 6. The van der Waals surface area contributed by atoms with Crippen LogP contribution in [0.1, 0.15) is 27.7 Å². The highest BCUT2D eigenvalue weighted by molar-refractivity contribution is 7.20. The number of methoxy groups -OCH3 is 1. The molecule has 0 bridgehead atoms. The van der Waals surface area contributed by atoms with Crippen molar-refractivity contribution in [2.45, 2.75) is 20.4 Å². The number of nitrogens with one attached hydrogen (secondary N) is 1. The number of ether oxygens (including phenoxy) is 2. The van der Waals surface area contributed by atoms with E-state index in [1.807, 2.05) is 31.2 Å². The van der Waals surface area contributed by atoms with Crippen molar-refractivity contribution in [1.82, 2.24) is 9.97 Å². The molecule has 130 valence electrons. The summed E-state index contributed by atoms with van der Waals surface area (Å²) in [6.45, 7) is 4.58. The third kappa shape index (κ3) is 3.41. The Balaban J connectivity index is 1.93. The number of nitrogens with zero attached hydrogens (tertiary/aromatic N) is 2. The molecule has 6 nitrogen and oxygen atoms in total. The van der Waals surface area contributed by atoms with Crippen LogP contribution in [0.15, 0.2) is 30.6 Å². The summed E-state index contributed by atoms with van der Waals surface area (Å²) in [7, 11) is 1.65. The summed E-state index contributed by atoms with van der Waals surface area (Å²) in [5.41, 5.74) is 1.86. The van der Waals surface area contributed by atoms with Gasteiger partial charge in [-0.3, -0.25) is 0 Å². The van der Waals surface area contributed by atoms with Gasteiger partial charge in [0.15, 0.2) is 0 Å². The summed E-state index contributed by atoms with van der Waals surface area (Å²) in [4.78, 5) is 22.1. The molecule has 0 aliphatic heterocycles. The van der Waals surface area contributed by atoms with E-state index in [0.29, 0.717) is 23.8 Å². The van der Waals surface area contributed by atoms with Crippen LogP contribution in [-0.4, -0.2) is 29.7 Å². The number of benzene rings is 1. The van der Waals surface area contributed by atoms with Gasteiger partial charge in [-0.15, -0.1) is 11.3 Å². The molecule has 2 heterocycles. The first-order valence-electron chi connectivity index (χ1n) is 7.92. The molecule has 0 fully saturated rings. The van der Waals surface area contributed by atoms with E-state index in [2.05, 4.69) is 15.3 Å². The zero-order valence-electron chi connectivity index (χ0n) is 14.3. The van der Waals surface area contributed by atoms with Gasteiger partial charge in [0, 0.05) is 12.1 Å². The Morgan fingerprint density at radius 2 is 2.08 bits per heavy atom. The highest BCUT2D eigenvalue weighted by Crippen LogP contribution is 2.34. The van der Waals surface area contributed by atoms with Crippen molar-refractivity contribution < 1.29 is 14.3 Å². The fourth-order valence-electron chi connectivity index (χ4n) is 2.62. The molecule has 0 atom stereocenters. The Bertz CT molecular complexity index is 908. The minimum Gasteiger partial charge on any atom is -0.496 e. The Kier molecular flexibility index (Phi) is 5.14. The molecule has 1 aromatic carbocycles. The van der Waals surface area contributed by atoms with Crippen LogP contribution in [0.4, 0.5) is 5.82 Å². The first-order chi connectivity index (χ1) is 12.2. The largest absolute Gasteiger partial charge is 0.496 e. The van der Waals surface area contributed by atoms with E-state index in [9.17, 15) is 4.79 Å². The molecule has 0 aliphatic rings. The monoisotopic (exact) mass is 357 g/mol. The van der Waals surface area contributed by atoms with Gasteiger partial charge in [-0.2, -0.15) is 0 Å². The summed E-state index contributed by atoms with van der Waals surface area (Å²) >= 11 is 1.33. The van der Waals surface area contributed by atoms with Crippen LogP contribution in [0.3, 0.4) is 0 Å². The Hall–Kier alpha value is -2.67. The molecule has 0 saturated carbocycles. The molecule has 0 aliphatic carbocycles. The van der Waals surface area contributed by atoms with E-state index in [-0.39, 0.29) is 5.97 Å². The number of esters is 1. The summed E-state index contributed by atoms with van der Waals surface area (Å²) in [5.74, 6) is 1.19. The number of aryl methyl sites for hydroxylation is 1. The molecule has 2 aromatic heterocycles. The minimum atomic E-state index is -0.321. The fourth-order valence-corrected chi connectivity index (χ4v) is 3.67. The molecule has 0 amide bonds. The first kappa shape index (κ1) is 17.2.